The van der Waals surface area contributed by atoms with Crippen LogP contribution in [0.4, 0.5) is 5.82 Å². The number of hydrogen-bond donors (Lipinski definition) is 2. The number of rotatable bonds is 4. The molecule has 0 saturated carbocycles. The maximum absolute atomic E-state index is 11.6. The Balaban J connectivity index is 1.82. The molecule has 0 aromatic carbocycles. The highest BCUT2D eigenvalue weighted by atomic mass is 32.1. The van der Waals surface area contributed by atoms with Crippen molar-refractivity contribution in [3.63, 3.8) is 0 Å². The van der Waals surface area contributed by atoms with Gasteiger partial charge in [0.05, 0.1) is 18.5 Å². The van der Waals surface area contributed by atoms with Crippen molar-refractivity contribution in [2.24, 2.45) is 0 Å². The van der Waals surface area contributed by atoms with Crippen LogP contribution in [0.3, 0.4) is 0 Å². The first-order valence-corrected chi connectivity index (χ1v) is 7.30. The molecule has 0 aliphatic heterocycles. The molecule has 0 saturated heterocycles. The topological polar surface area (TPSA) is 66.9 Å². The summed E-state index contributed by atoms with van der Waals surface area (Å²) in [6.07, 6.45) is 10.0. The summed E-state index contributed by atoms with van der Waals surface area (Å²) in [6, 6.07) is 0. The number of thiophene rings is 1. The van der Waals surface area contributed by atoms with Gasteiger partial charge >= 0.3 is 0 Å². The summed E-state index contributed by atoms with van der Waals surface area (Å²) in [5.41, 5.74) is 1.34. The van der Waals surface area contributed by atoms with E-state index in [2.05, 4.69) is 26.5 Å². The quantitative estimate of drug-likeness (QED) is 0.832. The number of hydrogen-bond acceptors (Lipinski definition) is 5. The third kappa shape index (κ3) is 2.32. The zero-order valence-corrected chi connectivity index (χ0v) is 11.7. The second-order valence-electron chi connectivity index (χ2n) is 4.59. The first-order valence-electron chi connectivity index (χ1n) is 6.49. The van der Waals surface area contributed by atoms with Crippen LogP contribution < -0.4 is 10.6 Å². The van der Waals surface area contributed by atoms with E-state index in [-0.39, 0.29) is 19.0 Å². The first kappa shape index (κ1) is 12.9. The molecule has 0 radical (unpaired) electrons. The molecule has 6 heteroatoms. The number of fused-ring (bicyclic) bond motifs is 3. The Labute approximate surface area is 120 Å². The number of nitrogens with zero attached hydrogens (tertiary/aromatic N) is 2. The number of carbonyl (C=O) groups excluding carboxylic acids is 1. The average molecular weight is 286 g/mol. The number of nitrogens with one attached hydrogen (secondary N) is 2. The van der Waals surface area contributed by atoms with Crippen molar-refractivity contribution in [1.29, 1.82) is 0 Å². The zero-order chi connectivity index (χ0) is 13.9. The summed E-state index contributed by atoms with van der Waals surface area (Å²) < 4.78 is 0. The number of anilines is 1. The van der Waals surface area contributed by atoms with Crippen LogP contribution in [0.1, 0.15) is 16.9 Å². The minimum Gasteiger partial charge on any atom is -0.360 e. The van der Waals surface area contributed by atoms with Crippen LogP contribution in [0.15, 0.2) is 6.33 Å². The lowest BCUT2D eigenvalue weighted by Crippen LogP contribution is -2.30. The summed E-state index contributed by atoms with van der Waals surface area (Å²) in [4.78, 5) is 22.6. The molecule has 20 heavy (non-hydrogen) atoms. The van der Waals surface area contributed by atoms with Gasteiger partial charge in [0, 0.05) is 4.88 Å². The molecular formula is C14H14N4OS. The molecule has 3 rings (SSSR count). The van der Waals surface area contributed by atoms with E-state index >= 15 is 0 Å². The van der Waals surface area contributed by atoms with E-state index in [1.807, 2.05) is 0 Å². The van der Waals surface area contributed by atoms with Crippen molar-refractivity contribution >= 4 is 33.3 Å². The predicted octanol–water partition coefficient (Wildman–Crippen LogP) is 1.34. The number of carbonyl (C=O) groups is 1. The maximum Gasteiger partial charge on any atom is 0.240 e. The van der Waals surface area contributed by atoms with Gasteiger partial charge in [0.15, 0.2) is 0 Å². The molecule has 1 aliphatic carbocycles. The van der Waals surface area contributed by atoms with Crippen LogP contribution in [-0.2, 0) is 17.6 Å². The van der Waals surface area contributed by atoms with Crippen LogP contribution in [0.2, 0.25) is 0 Å². The molecule has 0 spiro atoms. The van der Waals surface area contributed by atoms with Crippen LogP contribution >= 0.6 is 11.3 Å². The van der Waals surface area contributed by atoms with Gasteiger partial charge in [-0.3, -0.25) is 4.79 Å². The van der Waals surface area contributed by atoms with Crippen molar-refractivity contribution in [3.8, 4) is 12.3 Å². The fourth-order valence-corrected chi connectivity index (χ4v) is 3.67. The second kappa shape index (κ2) is 5.47. The van der Waals surface area contributed by atoms with Gasteiger partial charge in [-0.25, -0.2) is 9.97 Å². The number of terminal acetylenes is 1. The van der Waals surface area contributed by atoms with Gasteiger partial charge in [-0.2, -0.15) is 0 Å². The number of amides is 1. The standard InChI is InChI=1S/C14H14N4OS/c1-2-6-15-11(19)7-16-13-12-9-4-3-5-10(9)20-14(12)18-8-17-13/h1,8H,3-7H2,(H,15,19)(H,16,17,18). The van der Waals surface area contributed by atoms with Crippen LogP contribution in [-0.4, -0.2) is 29.0 Å². The fourth-order valence-electron chi connectivity index (χ4n) is 2.44. The molecule has 0 bridgehead atoms. The summed E-state index contributed by atoms with van der Waals surface area (Å²) in [6.45, 7) is 0.409. The van der Waals surface area contributed by atoms with E-state index in [0.717, 1.165) is 28.9 Å². The Morgan fingerprint density at radius 3 is 3.20 bits per heavy atom. The smallest absolute Gasteiger partial charge is 0.240 e. The lowest BCUT2D eigenvalue weighted by atomic mass is 10.2. The second-order valence-corrected chi connectivity index (χ2v) is 5.68. The van der Waals surface area contributed by atoms with Gasteiger partial charge in [-0.15, -0.1) is 17.8 Å². The molecule has 0 fully saturated rings. The van der Waals surface area contributed by atoms with Crippen molar-refractivity contribution < 1.29 is 4.79 Å². The molecule has 0 atom stereocenters. The van der Waals surface area contributed by atoms with Crippen molar-refractivity contribution in [2.45, 2.75) is 19.3 Å². The van der Waals surface area contributed by atoms with Crippen molar-refractivity contribution in [1.82, 2.24) is 15.3 Å². The third-order valence-corrected chi connectivity index (χ3v) is 4.51. The monoisotopic (exact) mass is 286 g/mol. The molecule has 102 valence electrons. The summed E-state index contributed by atoms with van der Waals surface area (Å²) in [5.74, 6) is 2.98. The molecule has 2 aromatic heterocycles. The number of aryl methyl sites for hydroxylation is 2. The zero-order valence-electron chi connectivity index (χ0n) is 10.9. The molecule has 0 unspecified atom stereocenters. The van der Waals surface area contributed by atoms with Gasteiger partial charge in [0.25, 0.3) is 0 Å². The van der Waals surface area contributed by atoms with Gasteiger partial charge in [0.2, 0.25) is 5.91 Å². The highest BCUT2D eigenvalue weighted by molar-refractivity contribution is 7.19. The maximum atomic E-state index is 11.6. The Kier molecular flexibility index (Phi) is 3.52. The Bertz CT molecular complexity index is 701. The lowest BCUT2D eigenvalue weighted by molar-refractivity contribution is -0.119. The minimum absolute atomic E-state index is 0.137. The minimum atomic E-state index is -0.137. The molecule has 5 nitrogen and oxygen atoms in total. The van der Waals surface area contributed by atoms with E-state index in [1.165, 1.54) is 23.2 Å². The van der Waals surface area contributed by atoms with E-state index < -0.39 is 0 Å². The van der Waals surface area contributed by atoms with E-state index in [9.17, 15) is 4.79 Å². The van der Waals surface area contributed by atoms with Gasteiger partial charge in [-0.05, 0) is 24.8 Å². The van der Waals surface area contributed by atoms with Crippen LogP contribution in [0.5, 0.6) is 0 Å². The summed E-state index contributed by atoms with van der Waals surface area (Å²) in [7, 11) is 0. The average Bonchev–Trinajstić information content (AvgIpc) is 3.03. The first-order chi connectivity index (χ1) is 9.79. The van der Waals surface area contributed by atoms with Gasteiger partial charge in [0.1, 0.15) is 17.0 Å². The van der Waals surface area contributed by atoms with Crippen LogP contribution in [0.25, 0.3) is 10.2 Å². The van der Waals surface area contributed by atoms with E-state index in [1.54, 1.807) is 11.3 Å². The highest BCUT2D eigenvalue weighted by Gasteiger charge is 2.21. The predicted molar refractivity (Wildman–Crippen MR) is 79.8 cm³/mol. The molecule has 2 aromatic rings. The van der Waals surface area contributed by atoms with Gasteiger partial charge < -0.3 is 10.6 Å². The van der Waals surface area contributed by atoms with E-state index in [4.69, 9.17) is 6.42 Å². The third-order valence-electron chi connectivity index (χ3n) is 3.31. The SMILES string of the molecule is C#CCNC(=O)CNc1ncnc2sc3c(c12)CCC3. The Morgan fingerprint density at radius 1 is 1.45 bits per heavy atom. The molecular weight excluding hydrogens is 272 g/mol. The van der Waals surface area contributed by atoms with Gasteiger partial charge in [-0.1, -0.05) is 5.92 Å². The summed E-state index contributed by atoms with van der Waals surface area (Å²) >= 11 is 1.73. The van der Waals surface area contributed by atoms with E-state index in [0.29, 0.717) is 0 Å². The number of aromatic nitrogens is 2. The highest BCUT2D eigenvalue weighted by Crippen LogP contribution is 2.38. The molecule has 1 aliphatic rings. The van der Waals surface area contributed by atoms with Crippen LogP contribution in [0, 0.1) is 12.3 Å². The summed E-state index contributed by atoms with van der Waals surface area (Å²) in [5, 5.41) is 6.78. The Hall–Kier alpha value is -2.13. The lowest BCUT2D eigenvalue weighted by Gasteiger charge is -2.07. The van der Waals surface area contributed by atoms with Crippen molar-refractivity contribution in [3.05, 3.63) is 16.8 Å². The molecule has 1 amide bonds. The molecule has 2 heterocycles. The Morgan fingerprint density at radius 2 is 2.35 bits per heavy atom. The normalized spacial score (nSPS) is 12.9. The fraction of sp³-hybridized carbons (Fsp3) is 0.357. The molecule has 2 N–H and O–H groups in total. The largest absolute Gasteiger partial charge is 0.360 e. The van der Waals surface area contributed by atoms with Crippen molar-refractivity contribution in [2.75, 3.05) is 18.4 Å².